The lowest BCUT2D eigenvalue weighted by molar-refractivity contribution is 0.456. The Balaban J connectivity index is 1.91. The molecule has 1 heterocycles. The van der Waals surface area contributed by atoms with Crippen LogP contribution in [0.15, 0.2) is 35.2 Å². The maximum absolute atomic E-state index is 9.31. The molecule has 0 atom stereocenters. The third-order valence-corrected chi connectivity index (χ3v) is 4.40. The highest BCUT2D eigenvalue weighted by Crippen LogP contribution is 2.29. The van der Waals surface area contributed by atoms with Gasteiger partial charge in [-0.3, -0.25) is 0 Å². The molecule has 4 heteroatoms. The Kier molecular flexibility index (Phi) is 4.12. The van der Waals surface area contributed by atoms with Crippen molar-refractivity contribution in [3.8, 4) is 17.7 Å². The predicted molar refractivity (Wildman–Crippen MR) is 83.9 cm³/mol. The Labute approximate surface area is 129 Å². The largest absolute Gasteiger partial charge is 0.438 e. The van der Waals surface area contributed by atoms with Crippen molar-refractivity contribution in [2.45, 2.75) is 30.6 Å². The van der Waals surface area contributed by atoms with E-state index in [1.807, 2.05) is 36.6 Å². The van der Waals surface area contributed by atoms with Crippen LogP contribution in [0.25, 0.3) is 0 Å². The van der Waals surface area contributed by atoms with Crippen molar-refractivity contribution in [3.05, 3.63) is 47.2 Å². The average molecular weight is 296 g/mol. The van der Waals surface area contributed by atoms with Crippen molar-refractivity contribution in [1.29, 1.82) is 5.26 Å². The van der Waals surface area contributed by atoms with Crippen LogP contribution in [0.1, 0.15) is 29.7 Å². The van der Waals surface area contributed by atoms with Gasteiger partial charge in [-0.25, -0.2) is 4.98 Å². The van der Waals surface area contributed by atoms with E-state index >= 15 is 0 Å². The number of aryl methyl sites for hydroxylation is 2. The average Bonchev–Trinajstić information content (AvgIpc) is 2.55. The second kappa shape index (κ2) is 6.19. The highest BCUT2D eigenvalue weighted by molar-refractivity contribution is 7.98. The van der Waals surface area contributed by atoms with Gasteiger partial charge in [0, 0.05) is 10.6 Å². The molecule has 21 heavy (non-hydrogen) atoms. The molecule has 0 bridgehead atoms. The van der Waals surface area contributed by atoms with Crippen molar-refractivity contribution in [1.82, 2.24) is 4.98 Å². The number of aromatic nitrogens is 1. The van der Waals surface area contributed by atoms with Crippen molar-refractivity contribution in [2.75, 3.05) is 6.26 Å². The van der Waals surface area contributed by atoms with E-state index in [2.05, 4.69) is 11.1 Å². The van der Waals surface area contributed by atoms with E-state index in [-0.39, 0.29) is 0 Å². The first kappa shape index (κ1) is 14.0. The summed E-state index contributed by atoms with van der Waals surface area (Å²) in [6.45, 7) is 0. The number of fused-ring (bicyclic) bond motifs is 1. The fourth-order valence-corrected chi connectivity index (χ4v) is 2.94. The molecule has 0 unspecified atom stereocenters. The molecule has 0 fully saturated rings. The summed E-state index contributed by atoms with van der Waals surface area (Å²) < 4.78 is 5.82. The van der Waals surface area contributed by atoms with E-state index in [9.17, 15) is 5.26 Å². The van der Waals surface area contributed by atoms with Gasteiger partial charge >= 0.3 is 0 Å². The number of hydrogen-bond acceptors (Lipinski definition) is 4. The van der Waals surface area contributed by atoms with Gasteiger partial charge in [0.15, 0.2) is 0 Å². The summed E-state index contributed by atoms with van der Waals surface area (Å²) in [6, 6.07) is 12.0. The second-order valence-electron chi connectivity index (χ2n) is 5.04. The number of nitriles is 1. The topological polar surface area (TPSA) is 45.9 Å². The second-order valence-corrected chi connectivity index (χ2v) is 5.92. The zero-order valence-corrected chi connectivity index (χ0v) is 12.7. The zero-order chi connectivity index (χ0) is 14.7. The molecule has 0 N–H and O–H groups in total. The Bertz CT molecular complexity index is 689. The van der Waals surface area contributed by atoms with E-state index in [1.54, 1.807) is 11.8 Å². The molecule has 0 amide bonds. The minimum Gasteiger partial charge on any atom is -0.438 e. The van der Waals surface area contributed by atoms with Gasteiger partial charge in [-0.2, -0.15) is 5.26 Å². The maximum Gasteiger partial charge on any atom is 0.237 e. The first-order valence-corrected chi connectivity index (χ1v) is 8.27. The van der Waals surface area contributed by atoms with Gasteiger partial charge in [-0.15, -0.1) is 11.8 Å². The minimum atomic E-state index is 0.426. The van der Waals surface area contributed by atoms with E-state index in [4.69, 9.17) is 4.74 Å². The molecule has 1 aromatic carbocycles. The quantitative estimate of drug-likeness (QED) is 0.790. The lowest BCUT2D eigenvalue weighted by atomic mass is 9.95. The van der Waals surface area contributed by atoms with Gasteiger partial charge < -0.3 is 4.74 Å². The predicted octanol–water partition coefficient (Wildman–Crippen LogP) is 4.35. The van der Waals surface area contributed by atoms with Gasteiger partial charge in [0.25, 0.3) is 0 Å². The van der Waals surface area contributed by atoms with Crippen LogP contribution < -0.4 is 4.74 Å². The molecule has 0 spiro atoms. The maximum atomic E-state index is 9.31. The van der Waals surface area contributed by atoms with E-state index in [1.165, 1.54) is 16.9 Å². The molecule has 1 aliphatic carbocycles. The van der Waals surface area contributed by atoms with Gasteiger partial charge in [0.1, 0.15) is 17.4 Å². The Morgan fingerprint density at radius 3 is 2.67 bits per heavy atom. The zero-order valence-electron chi connectivity index (χ0n) is 11.9. The van der Waals surface area contributed by atoms with Gasteiger partial charge in [0.05, 0.1) is 0 Å². The minimum absolute atomic E-state index is 0.426. The molecule has 0 saturated heterocycles. The summed E-state index contributed by atoms with van der Waals surface area (Å²) in [4.78, 5) is 5.75. The standard InChI is InChI=1S/C17H16N2OS/c1-21-15-8-6-14(7-9-15)20-17-13(11-18)10-12-4-2-3-5-16(12)19-17/h6-10H,2-5H2,1H3. The third kappa shape index (κ3) is 3.03. The summed E-state index contributed by atoms with van der Waals surface area (Å²) >= 11 is 1.69. The van der Waals surface area contributed by atoms with Crippen molar-refractivity contribution < 1.29 is 4.74 Å². The number of pyridine rings is 1. The molecule has 2 aromatic rings. The first-order valence-electron chi connectivity index (χ1n) is 7.05. The normalized spacial score (nSPS) is 13.3. The molecule has 3 nitrogen and oxygen atoms in total. The van der Waals surface area contributed by atoms with E-state index in [0.29, 0.717) is 17.2 Å². The summed E-state index contributed by atoms with van der Waals surface area (Å²) in [5, 5.41) is 9.31. The lowest BCUT2D eigenvalue weighted by Gasteiger charge is -2.16. The smallest absolute Gasteiger partial charge is 0.237 e. The van der Waals surface area contributed by atoms with E-state index < -0.39 is 0 Å². The molecule has 0 saturated carbocycles. The van der Waals surface area contributed by atoms with Crippen LogP contribution in [0.3, 0.4) is 0 Å². The number of benzene rings is 1. The molecule has 1 aromatic heterocycles. The van der Waals surface area contributed by atoms with Crippen molar-refractivity contribution >= 4 is 11.8 Å². The lowest BCUT2D eigenvalue weighted by Crippen LogP contribution is -2.07. The highest BCUT2D eigenvalue weighted by atomic mass is 32.2. The Morgan fingerprint density at radius 2 is 1.95 bits per heavy atom. The fourth-order valence-electron chi connectivity index (χ4n) is 2.53. The van der Waals surface area contributed by atoms with E-state index in [0.717, 1.165) is 25.0 Å². The van der Waals surface area contributed by atoms with Crippen LogP contribution >= 0.6 is 11.8 Å². The van der Waals surface area contributed by atoms with Gasteiger partial charge in [0.2, 0.25) is 5.88 Å². The number of thioether (sulfide) groups is 1. The first-order chi connectivity index (χ1) is 10.3. The van der Waals surface area contributed by atoms with Crippen LogP contribution in [0.5, 0.6) is 11.6 Å². The van der Waals surface area contributed by atoms with Crippen molar-refractivity contribution in [2.24, 2.45) is 0 Å². The molecular formula is C17H16N2OS. The van der Waals surface area contributed by atoms with Crippen LogP contribution in [0, 0.1) is 11.3 Å². The number of rotatable bonds is 3. The van der Waals surface area contributed by atoms with Gasteiger partial charge in [-0.05, 0) is 67.8 Å². The van der Waals surface area contributed by atoms with Crippen LogP contribution in [-0.4, -0.2) is 11.2 Å². The highest BCUT2D eigenvalue weighted by Gasteiger charge is 2.16. The van der Waals surface area contributed by atoms with Crippen LogP contribution in [-0.2, 0) is 12.8 Å². The molecule has 1 aliphatic rings. The van der Waals surface area contributed by atoms with Gasteiger partial charge in [-0.1, -0.05) is 0 Å². The SMILES string of the molecule is CSc1ccc(Oc2nc3c(cc2C#N)CCCC3)cc1. The number of ether oxygens (including phenoxy) is 1. The van der Waals surface area contributed by atoms with Crippen LogP contribution in [0.2, 0.25) is 0 Å². The third-order valence-electron chi connectivity index (χ3n) is 3.66. The van der Waals surface area contributed by atoms with Crippen LogP contribution in [0.4, 0.5) is 0 Å². The summed E-state index contributed by atoms with van der Waals surface area (Å²) in [6.07, 6.45) is 6.36. The fraction of sp³-hybridized carbons (Fsp3) is 0.294. The number of hydrogen-bond donors (Lipinski definition) is 0. The number of nitrogens with zero attached hydrogens (tertiary/aromatic N) is 2. The molecule has 0 radical (unpaired) electrons. The molecule has 3 rings (SSSR count). The Morgan fingerprint density at radius 1 is 1.19 bits per heavy atom. The summed E-state index contributed by atoms with van der Waals surface area (Å²) in [7, 11) is 0. The molecule has 106 valence electrons. The molecule has 0 aliphatic heterocycles. The van der Waals surface area contributed by atoms with Crippen molar-refractivity contribution in [3.63, 3.8) is 0 Å². The summed E-state index contributed by atoms with van der Waals surface area (Å²) in [5.74, 6) is 1.14. The molecular weight excluding hydrogens is 280 g/mol. The Hall–Kier alpha value is -1.99. The summed E-state index contributed by atoms with van der Waals surface area (Å²) in [5.41, 5.74) is 2.79. The monoisotopic (exact) mass is 296 g/mol.